The van der Waals surface area contributed by atoms with Crippen LogP contribution in [0.4, 0.5) is 5.00 Å². The molecule has 0 bridgehead atoms. The second-order valence-electron chi connectivity index (χ2n) is 11.0. The number of thiophene rings is 1. The number of aliphatic imine (C=N–C) groups is 1. The van der Waals surface area contributed by atoms with E-state index in [1.165, 1.54) is 4.88 Å². The van der Waals surface area contributed by atoms with Crippen molar-refractivity contribution >= 4 is 44.4 Å². The molecule has 0 radical (unpaired) electrons. The Balaban J connectivity index is 1.37. The van der Waals surface area contributed by atoms with Crippen molar-refractivity contribution in [2.75, 3.05) is 0 Å². The van der Waals surface area contributed by atoms with Crippen LogP contribution < -0.4 is 10.1 Å². The number of fused-ring (bicyclic) bond motifs is 1. The van der Waals surface area contributed by atoms with E-state index in [1.54, 1.807) is 17.6 Å². The molecule has 2 aromatic carbocycles. The smallest absolute Gasteiger partial charge is 0.255 e. The van der Waals surface area contributed by atoms with E-state index in [4.69, 9.17) is 14.1 Å². The summed E-state index contributed by atoms with van der Waals surface area (Å²) in [6.07, 6.45) is 6.40. The molecule has 2 aromatic heterocycles. The Bertz CT molecular complexity index is 1450. The van der Waals surface area contributed by atoms with Crippen molar-refractivity contribution in [3.63, 3.8) is 0 Å². The average molecular weight is 606 g/mol. The highest BCUT2D eigenvalue weighted by Crippen LogP contribution is 2.45. The van der Waals surface area contributed by atoms with Gasteiger partial charge < -0.3 is 14.5 Å². The molecule has 5 nitrogen and oxygen atoms in total. The second-order valence-corrected chi connectivity index (χ2v) is 12.9. The SMILES string of the molecule is CC(C)(C)[C@H]1CCc2c(sc(N=Cc3ccc(OCc4ccccc4)c(Br)c3)c2C(=O)NCc2ccco2)C1. The van der Waals surface area contributed by atoms with Gasteiger partial charge in [-0.2, -0.15) is 0 Å². The fraction of sp³-hybridized carbons (Fsp3) is 0.312. The molecule has 1 amide bonds. The molecule has 0 aliphatic heterocycles. The molecule has 1 atom stereocenters. The fourth-order valence-corrected chi connectivity index (χ4v) is 6.67. The van der Waals surface area contributed by atoms with E-state index >= 15 is 0 Å². The third-order valence-electron chi connectivity index (χ3n) is 7.23. The van der Waals surface area contributed by atoms with Crippen LogP contribution in [-0.2, 0) is 26.0 Å². The minimum absolute atomic E-state index is 0.101. The molecule has 0 saturated heterocycles. The van der Waals surface area contributed by atoms with Crippen LogP contribution in [0.2, 0.25) is 0 Å². The third-order valence-corrected chi connectivity index (χ3v) is 9.01. The van der Waals surface area contributed by atoms with Crippen LogP contribution in [0.15, 0.2) is 80.8 Å². The predicted molar refractivity (Wildman–Crippen MR) is 161 cm³/mol. The van der Waals surface area contributed by atoms with Crippen molar-refractivity contribution < 1.29 is 13.9 Å². The zero-order valence-corrected chi connectivity index (χ0v) is 24.9. The summed E-state index contributed by atoms with van der Waals surface area (Å²) in [6, 6.07) is 19.7. The van der Waals surface area contributed by atoms with Crippen molar-refractivity contribution in [3.05, 3.63) is 104 Å². The number of nitrogens with one attached hydrogen (secondary N) is 1. The molecule has 202 valence electrons. The first kappa shape index (κ1) is 27.4. The summed E-state index contributed by atoms with van der Waals surface area (Å²) in [6.45, 7) is 7.76. The number of hydrogen-bond donors (Lipinski definition) is 1. The number of carbonyl (C=O) groups excluding carboxylic acids is 1. The highest BCUT2D eigenvalue weighted by Gasteiger charge is 2.33. The van der Waals surface area contributed by atoms with Crippen LogP contribution in [0.25, 0.3) is 0 Å². The summed E-state index contributed by atoms with van der Waals surface area (Å²) < 4.78 is 12.3. The molecule has 0 unspecified atom stereocenters. The summed E-state index contributed by atoms with van der Waals surface area (Å²) >= 11 is 5.29. The second kappa shape index (κ2) is 11.9. The first-order valence-electron chi connectivity index (χ1n) is 13.2. The Kier molecular flexibility index (Phi) is 8.38. The van der Waals surface area contributed by atoms with Gasteiger partial charge in [0.2, 0.25) is 0 Å². The molecule has 2 heterocycles. The summed E-state index contributed by atoms with van der Waals surface area (Å²) in [5.74, 6) is 1.98. The monoisotopic (exact) mass is 604 g/mol. The van der Waals surface area contributed by atoms with Crippen LogP contribution in [0, 0.1) is 11.3 Å². The highest BCUT2D eigenvalue weighted by molar-refractivity contribution is 9.10. The van der Waals surface area contributed by atoms with Crippen LogP contribution in [0.3, 0.4) is 0 Å². The normalized spacial score (nSPS) is 15.3. The largest absolute Gasteiger partial charge is 0.488 e. The lowest BCUT2D eigenvalue weighted by atomic mass is 9.72. The van der Waals surface area contributed by atoms with Gasteiger partial charge in [-0.25, -0.2) is 4.99 Å². The number of carbonyl (C=O) groups is 1. The maximum absolute atomic E-state index is 13.4. The predicted octanol–water partition coefficient (Wildman–Crippen LogP) is 8.51. The Morgan fingerprint density at radius 3 is 2.72 bits per heavy atom. The van der Waals surface area contributed by atoms with E-state index in [2.05, 4.69) is 42.0 Å². The number of benzene rings is 2. The first-order chi connectivity index (χ1) is 18.8. The lowest BCUT2D eigenvalue weighted by Gasteiger charge is -2.33. The van der Waals surface area contributed by atoms with E-state index in [9.17, 15) is 4.79 Å². The van der Waals surface area contributed by atoms with Gasteiger partial charge in [0.05, 0.1) is 22.8 Å². The van der Waals surface area contributed by atoms with Crippen molar-refractivity contribution in [2.45, 2.75) is 53.2 Å². The lowest BCUT2D eigenvalue weighted by Crippen LogP contribution is -2.28. The van der Waals surface area contributed by atoms with Crippen molar-refractivity contribution in [1.82, 2.24) is 5.32 Å². The van der Waals surface area contributed by atoms with Gasteiger partial charge in [0.1, 0.15) is 23.1 Å². The van der Waals surface area contributed by atoms with Crippen molar-refractivity contribution in [2.24, 2.45) is 16.3 Å². The molecule has 1 aliphatic rings. The minimum Gasteiger partial charge on any atom is -0.488 e. The first-order valence-corrected chi connectivity index (χ1v) is 14.8. The van der Waals surface area contributed by atoms with Gasteiger partial charge in [-0.3, -0.25) is 4.79 Å². The van der Waals surface area contributed by atoms with E-state index in [-0.39, 0.29) is 11.3 Å². The van der Waals surface area contributed by atoms with E-state index < -0.39 is 0 Å². The number of halogens is 1. The van der Waals surface area contributed by atoms with Gasteiger partial charge in [-0.05, 0) is 93.5 Å². The molecule has 0 spiro atoms. The molecule has 39 heavy (non-hydrogen) atoms. The number of nitrogens with zero attached hydrogens (tertiary/aromatic N) is 1. The Labute approximate surface area is 242 Å². The molecule has 5 rings (SSSR count). The summed E-state index contributed by atoms with van der Waals surface area (Å²) in [4.78, 5) is 19.6. The van der Waals surface area contributed by atoms with E-state index in [1.807, 2.05) is 66.9 Å². The number of ether oxygens (including phenoxy) is 1. The van der Waals surface area contributed by atoms with Gasteiger partial charge in [0.15, 0.2) is 0 Å². The molecule has 1 aliphatic carbocycles. The number of rotatable bonds is 8. The quantitative estimate of drug-likeness (QED) is 0.205. The third kappa shape index (κ3) is 6.71. The average Bonchev–Trinajstić information content (AvgIpc) is 3.57. The van der Waals surface area contributed by atoms with Gasteiger partial charge in [-0.15, -0.1) is 11.3 Å². The Hall–Kier alpha value is -3.16. The Morgan fingerprint density at radius 2 is 2.00 bits per heavy atom. The maximum atomic E-state index is 13.4. The highest BCUT2D eigenvalue weighted by atomic mass is 79.9. The van der Waals surface area contributed by atoms with Crippen molar-refractivity contribution in [3.8, 4) is 5.75 Å². The van der Waals surface area contributed by atoms with Gasteiger partial charge >= 0.3 is 0 Å². The topological polar surface area (TPSA) is 63.8 Å². The molecule has 0 saturated carbocycles. The van der Waals surface area contributed by atoms with Crippen LogP contribution in [0.1, 0.15) is 64.9 Å². The number of amides is 1. The maximum Gasteiger partial charge on any atom is 0.255 e. The number of furan rings is 1. The molecular weight excluding hydrogens is 572 g/mol. The summed E-state index contributed by atoms with van der Waals surface area (Å²) in [7, 11) is 0. The van der Waals surface area contributed by atoms with Crippen LogP contribution in [-0.4, -0.2) is 12.1 Å². The zero-order valence-electron chi connectivity index (χ0n) is 22.5. The molecule has 4 aromatic rings. The summed E-state index contributed by atoms with van der Waals surface area (Å²) in [5, 5.41) is 3.79. The lowest BCUT2D eigenvalue weighted by molar-refractivity contribution is 0.0947. The standard InChI is InChI=1S/C32H33BrN2O3S/c1-32(2,3)23-12-13-25-28(17-23)39-31(29(25)30(36)34-19-24-10-7-15-37-24)35-18-22-11-14-27(26(33)16-22)38-20-21-8-5-4-6-9-21/h4-11,14-16,18,23H,12-13,17,19-20H2,1-3H3,(H,34,36)/t23-/m0/s1. The van der Waals surface area contributed by atoms with Crippen LogP contribution >= 0.6 is 27.3 Å². The van der Waals surface area contributed by atoms with Crippen molar-refractivity contribution in [1.29, 1.82) is 0 Å². The Morgan fingerprint density at radius 1 is 1.18 bits per heavy atom. The number of hydrogen-bond acceptors (Lipinski definition) is 5. The molecule has 0 fully saturated rings. The van der Waals surface area contributed by atoms with Crippen LogP contribution in [0.5, 0.6) is 5.75 Å². The molecule has 7 heteroatoms. The minimum atomic E-state index is -0.101. The summed E-state index contributed by atoms with van der Waals surface area (Å²) in [5.41, 5.74) is 4.12. The molecule has 1 N–H and O–H groups in total. The van der Waals surface area contributed by atoms with Gasteiger partial charge in [0.25, 0.3) is 5.91 Å². The van der Waals surface area contributed by atoms with Gasteiger partial charge in [-0.1, -0.05) is 51.1 Å². The molecular formula is C32H33BrN2O3S. The fourth-order valence-electron chi connectivity index (χ4n) is 4.89. The van der Waals surface area contributed by atoms with Gasteiger partial charge in [0, 0.05) is 11.1 Å². The van der Waals surface area contributed by atoms with E-state index in [0.29, 0.717) is 24.6 Å². The zero-order chi connectivity index (χ0) is 27.4. The van der Waals surface area contributed by atoms with E-state index in [0.717, 1.165) is 56.9 Å².